The van der Waals surface area contributed by atoms with Crippen LogP contribution in [0, 0.1) is 6.92 Å². The van der Waals surface area contributed by atoms with Gasteiger partial charge in [-0.3, -0.25) is 0 Å². The Bertz CT molecular complexity index is 1140. The fourth-order valence-electron chi connectivity index (χ4n) is 2.98. The lowest BCUT2D eigenvalue weighted by atomic mass is 10.1. The summed E-state index contributed by atoms with van der Waals surface area (Å²) in [7, 11) is 0. The first kappa shape index (κ1) is 16.8. The van der Waals surface area contributed by atoms with Crippen molar-refractivity contribution in [2.45, 2.75) is 6.92 Å². The van der Waals surface area contributed by atoms with Crippen molar-refractivity contribution in [1.82, 2.24) is 15.0 Å². The molecule has 0 bridgehead atoms. The second kappa shape index (κ2) is 7.30. The second-order valence-corrected chi connectivity index (χ2v) is 6.39. The van der Waals surface area contributed by atoms with Crippen molar-refractivity contribution < 1.29 is 0 Å². The van der Waals surface area contributed by atoms with Gasteiger partial charge in [0.1, 0.15) is 0 Å². The van der Waals surface area contributed by atoms with Gasteiger partial charge in [-0.05, 0) is 60.5 Å². The Morgan fingerprint density at radius 3 is 2.81 bits per heavy atom. The zero-order valence-electron chi connectivity index (χ0n) is 15.1. The summed E-state index contributed by atoms with van der Waals surface area (Å²) < 4.78 is 0. The quantitative estimate of drug-likeness (QED) is 0.475. The first-order valence-electron chi connectivity index (χ1n) is 8.80. The molecule has 2 aromatic carbocycles. The molecule has 132 valence electrons. The lowest BCUT2D eigenvalue weighted by Crippen LogP contribution is -1.97. The summed E-state index contributed by atoms with van der Waals surface area (Å²) in [6, 6.07) is 18.4. The van der Waals surface area contributed by atoms with E-state index in [1.807, 2.05) is 42.5 Å². The van der Waals surface area contributed by atoms with Gasteiger partial charge in [0.05, 0.1) is 5.69 Å². The molecule has 0 saturated heterocycles. The molecular weight excluding hydrogens is 332 g/mol. The SMILES string of the molecule is C=Cc1cccc(Nc2nccc(/C=C\c3ccc4[nH]c(C)cc4c3)n2)c1. The Balaban J connectivity index is 1.54. The van der Waals surface area contributed by atoms with E-state index in [9.17, 15) is 0 Å². The van der Waals surface area contributed by atoms with Crippen LogP contribution in [0.15, 0.2) is 67.4 Å². The molecule has 0 amide bonds. The number of nitrogens with one attached hydrogen (secondary N) is 2. The zero-order valence-corrected chi connectivity index (χ0v) is 15.1. The molecule has 0 fully saturated rings. The van der Waals surface area contributed by atoms with Crippen LogP contribution in [-0.4, -0.2) is 15.0 Å². The highest BCUT2D eigenvalue weighted by Crippen LogP contribution is 2.19. The Labute approximate surface area is 158 Å². The number of hydrogen-bond donors (Lipinski definition) is 2. The number of benzene rings is 2. The summed E-state index contributed by atoms with van der Waals surface area (Å²) >= 11 is 0. The molecule has 0 atom stereocenters. The molecule has 2 N–H and O–H groups in total. The molecule has 2 aromatic heterocycles. The summed E-state index contributed by atoms with van der Waals surface area (Å²) in [4.78, 5) is 12.2. The van der Waals surface area contributed by atoms with E-state index >= 15 is 0 Å². The first-order valence-corrected chi connectivity index (χ1v) is 8.80. The van der Waals surface area contributed by atoms with Gasteiger partial charge in [-0.1, -0.05) is 36.9 Å². The van der Waals surface area contributed by atoms with Gasteiger partial charge in [0.25, 0.3) is 0 Å². The van der Waals surface area contributed by atoms with Gasteiger partial charge in [-0.25, -0.2) is 9.97 Å². The number of aromatic nitrogens is 3. The monoisotopic (exact) mass is 352 g/mol. The van der Waals surface area contributed by atoms with Gasteiger partial charge in [-0.15, -0.1) is 0 Å². The second-order valence-electron chi connectivity index (χ2n) is 6.39. The first-order chi connectivity index (χ1) is 13.2. The average molecular weight is 352 g/mol. The molecule has 0 aliphatic rings. The molecule has 0 aliphatic heterocycles. The maximum absolute atomic E-state index is 4.56. The van der Waals surface area contributed by atoms with Crippen molar-refractivity contribution in [2.75, 3.05) is 5.32 Å². The smallest absolute Gasteiger partial charge is 0.227 e. The molecule has 27 heavy (non-hydrogen) atoms. The molecule has 0 unspecified atom stereocenters. The number of hydrogen-bond acceptors (Lipinski definition) is 3. The van der Waals surface area contributed by atoms with Crippen LogP contribution in [0.3, 0.4) is 0 Å². The highest BCUT2D eigenvalue weighted by Gasteiger charge is 2.00. The van der Waals surface area contributed by atoms with Gasteiger partial charge < -0.3 is 10.3 Å². The molecule has 4 nitrogen and oxygen atoms in total. The summed E-state index contributed by atoms with van der Waals surface area (Å²) in [5, 5.41) is 4.45. The number of fused-ring (bicyclic) bond motifs is 1. The van der Waals surface area contributed by atoms with Crippen molar-refractivity contribution in [3.05, 3.63) is 89.9 Å². The van der Waals surface area contributed by atoms with E-state index in [0.29, 0.717) is 5.95 Å². The lowest BCUT2D eigenvalue weighted by Gasteiger charge is -2.06. The topological polar surface area (TPSA) is 53.6 Å². The van der Waals surface area contributed by atoms with Crippen molar-refractivity contribution in [2.24, 2.45) is 0 Å². The van der Waals surface area contributed by atoms with Crippen LogP contribution in [0.4, 0.5) is 11.6 Å². The molecular formula is C23H20N4. The minimum atomic E-state index is 0.565. The van der Waals surface area contributed by atoms with Crippen LogP contribution in [0.5, 0.6) is 0 Å². The number of nitrogens with zero attached hydrogens (tertiary/aromatic N) is 2. The number of aromatic amines is 1. The minimum Gasteiger partial charge on any atom is -0.359 e. The highest BCUT2D eigenvalue weighted by molar-refractivity contribution is 5.84. The molecule has 0 aliphatic carbocycles. The average Bonchev–Trinajstić information content (AvgIpc) is 3.06. The van der Waals surface area contributed by atoms with E-state index in [1.54, 1.807) is 6.20 Å². The van der Waals surface area contributed by atoms with Crippen LogP contribution in [-0.2, 0) is 0 Å². The Kier molecular flexibility index (Phi) is 4.54. The predicted octanol–water partition coefficient (Wildman–Crippen LogP) is 5.82. The highest BCUT2D eigenvalue weighted by atomic mass is 15.1. The zero-order chi connectivity index (χ0) is 18.6. The maximum atomic E-state index is 4.56. The lowest BCUT2D eigenvalue weighted by molar-refractivity contribution is 1.15. The minimum absolute atomic E-state index is 0.565. The Morgan fingerprint density at radius 1 is 1.00 bits per heavy atom. The normalized spacial score (nSPS) is 11.1. The molecule has 0 radical (unpaired) electrons. The van der Waals surface area contributed by atoms with E-state index in [1.165, 1.54) is 5.39 Å². The molecule has 4 rings (SSSR count). The van der Waals surface area contributed by atoms with Gasteiger partial charge in [0.15, 0.2) is 0 Å². The fraction of sp³-hybridized carbons (Fsp3) is 0.0435. The van der Waals surface area contributed by atoms with E-state index in [4.69, 9.17) is 0 Å². The van der Waals surface area contributed by atoms with E-state index < -0.39 is 0 Å². The fourth-order valence-corrected chi connectivity index (χ4v) is 2.98. The number of aryl methyl sites for hydroxylation is 1. The van der Waals surface area contributed by atoms with Crippen molar-refractivity contribution in [3.8, 4) is 0 Å². The maximum Gasteiger partial charge on any atom is 0.227 e. The molecule has 0 saturated carbocycles. The van der Waals surface area contributed by atoms with Crippen LogP contribution in [0.2, 0.25) is 0 Å². The van der Waals surface area contributed by atoms with Crippen molar-refractivity contribution in [3.63, 3.8) is 0 Å². The molecule has 2 heterocycles. The summed E-state index contributed by atoms with van der Waals surface area (Å²) in [5.74, 6) is 0.565. The third-order valence-electron chi connectivity index (χ3n) is 4.28. The van der Waals surface area contributed by atoms with Gasteiger partial charge in [0, 0.05) is 28.5 Å². The van der Waals surface area contributed by atoms with Crippen LogP contribution in [0.1, 0.15) is 22.5 Å². The molecule has 4 heteroatoms. The summed E-state index contributed by atoms with van der Waals surface area (Å²) in [6.45, 7) is 5.86. The van der Waals surface area contributed by atoms with Crippen LogP contribution < -0.4 is 5.32 Å². The van der Waals surface area contributed by atoms with Crippen molar-refractivity contribution in [1.29, 1.82) is 0 Å². The Morgan fingerprint density at radius 2 is 1.93 bits per heavy atom. The predicted molar refractivity (Wildman–Crippen MR) is 114 cm³/mol. The van der Waals surface area contributed by atoms with Crippen molar-refractivity contribution >= 4 is 40.8 Å². The van der Waals surface area contributed by atoms with E-state index in [-0.39, 0.29) is 0 Å². The number of rotatable bonds is 5. The number of H-pyrrole nitrogens is 1. The summed E-state index contributed by atoms with van der Waals surface area (Å²) in [5.41, 5.74) is 6.28. The van der Waals surface area contributed by atoms with Gasteiger partial charge in [0.2, 0.25) is 5.95 Å². The summed E-state index contributed by atoms with van der Waals surface area (Å²) in [6.07, 6.45) is 7.62. The van der Waals surface area contributed by atoms with Crippen LogP contribution >= 0.6 is 0 Å². The van der Waals surface area contributed by atoms with Gasteiger partial charge >= 0.3 is 0 Å². The van der Waals surface area contributed by atoms with E-state index in [2.05, 4.69) is 64.1 Å². The van der Waals surface area contributed by atoms with E-state index in [0.717, 1.165) is 33.7 Å². The third-order valence-corrected chi connectivity index (χ3v) is 4.28. The standard InChI is InChI=1S/C23H20N4/c1-3-17-5-4-6-21(15-17)27-23-24-12-11-20(26-23)9-7-18-8-10-22-19(14-18)13-16(2)25-22/h3-15,25H,1H2,2H3,(H,24,26,27)/b9-7-. The molecule has 0 spiro atoms. The Hall–Kier alpha value is -3.66. The molecule has 4 aromatic rings. The van der Waals surface area contributed by atoms with Crippen LogP contribution in [0.25, 0.3) is 29.1 Å². The third kappa shape index (κ3) is 3.96. The number of anilines is 2. The van der Waals surface area contributed by atoms with Gasteiger partial charge in [-0.2, -0.15) is 0 Å². The largest absolute Gasteiger partial charge is 0.359 e.